The predicted octanol–water partition coefficient (Wildman–Crippen LogP) is 3.52. The molecule has 1 heterocycles. The summed E-state index contributed by atoms with van der Waals surface area (Å²) in [6.45, 7) is 16.7. The first kappa shape index (κ1) is 16.5. The lowest BCUT2D eigenvalue weighted by atomic mass is 9.79. The van der Waals surface area contributed by atoms with Crippen molar-refractivity contribution in [2.45, 2.75) is 85.4 Å². The van der Waals surface area contributed by atoms with Crippen molar-refractivity contribution in [3.8, 4) is 0 Å². The first-order valence-corrected chi connectivity index (χ1v) is 7.36. The minimum Gasteiger partial charge on any atom is -0.462 e. The van der Waals surface area contributed by atoms with Crippen molar-refractivity contribution in [2.24, 2.45) is 11.3 Å². The molecule has 1 fully saturated rings. The summed E-state index contributed by atoms with van der Waals surface area (Å²) in [4.78, 5) is 12.4. The number of carbonyl (C=O) groups is 1. The highest BCUT2D eigenvalue weighted by Crippen LogP contribution is 2.33. The zero-order valence-corrected chi connectivity index (χ0v) is 13.9. The van der Waals surface area contributed by atoms with Crippen molar-refractivity contribution in [1.29, 1.82) is 0 Å². The van der Waals surface area contributed by atoms with Gasteiger partial charge in [-0.25, -0.2) is 0 Å². The summed E-state index contributed by atoms with van der Waals surface area (Å²) < 4.78 is 5.81. The van der Waals surface area contributed by atoms with E-state index in [0.717, 1.165) is 12.8 Å². The standard InChI is InChI=1S/C16H31NO2/c1-11(2)16(7,8)13(18)19-12-9-14(3,4)17-15(5,6)10-12/h11-12,17H,9-10H2,1-8H3. The van der Waals surface area contributed by atoms with E-state index in [1.54, 1.807) is 0 Å². The second-order valence-electron chi connectivity index (χ2n) is 8.20. The summed E-state index contributed by atoms with van der Waals surface area (Å²) in [6.07, 6.45) is 1.75. The first-order chi connectivity index (χ1) is 8.36. The van der Waals surface area contributed by atoms with Crippen LogP contribution < -0.4 is 5.32 Å². The summed E-state index contributed by atoms with van der Waals surface area (Å²) >= 11 is 0. The maximum Gasteiger partial charge on any atom is 0.312 e. The Hall–Kier alpha value is -0.570. The van der Waals surface area contributed by atoms with Crippen LogP contribution in [-0.4, -0.2) is 23.2 Å². The molecule has 0 aromatic rings. The van der Waals surface area contributed by atoms with E-state index in [1.807, 2.05) is 13.8 Å². The lowest BCUT2D eigenvalue weighted by Gasteiger charge is -2.46. The molecule has 0 aromatic carbocycles. The SMILES string of the molecule is CC(C)C(C)(C)C(=O)OC1CC(C)(C)NC(C)(C)C1. The molecule has 1 saturated heterocycles. The van der Waals surface area contributed by atoms with Crippen LogP contribution in [0.3, 0.4) is 0 Å². The average Bonchev–Trinajstić information content (AvgIpc) is 2.11. The van der Waals surface area contributed by atoms with Crippen molar-refractivity contribution in [3.05, 3.63) is 0 Å². The van der Waals surface area contributed by atoms with Crippen LogP contribution in [0, 0.1) is 11.3 Å². The van der Waals surface area contributed by atoms with E-state index in [0.29, 0.717) is 0 Å². The molecule has 0 bridgehead atoms. The lowest BCUT2D eigenvalue weighted by Crippen LogP contribution is -2.60. The van der Waals surface area contributed by atoms with E-state index in [4.69, 9.17) is 4.74 Å². The molecule has 0 atom stereocenters. The number of hydrogen-bond acceptors (Lipinski definition) is 3. The van der Waals surface area contributed by atoms with Gasteiger partial charge in [-0.1, -0.05) is 13.8 Å². The Bertz CT molecular complexity index is 327. The maximum absolute atomic E-state index is 12.4. The van der Waals surface area contributed by atoms with Gasteiger partial charge in [0.25, 0.3) is 0 Å². The quantitative estimate of drug-likeness (QED) is 0.797. The molecule has 0 aliphatic carbocycles. The third kappa shape index (κ3) is 4.20. The highest BCUT2D eigenvalue weighted by molar-refractivity contribution is 5.76. The zero-order chi connectivity index (χ0) is 15.1. The lowest BCUT2D eigenvalue weighted by molar-refractivity contribution is -0.166. The summed E-state index contributed by atoms with van der Waals surface area (Å²) in [5.74, 6) is 0.212. The Balaban J connectivity index is 2.75. The number of rotatable bonds is 3. The molecule has 0 spiro atoms. The van der Waals surface area contributed by atoms with E-state index in [1.165, 1.54) is 0 Å². The van der Waals surface area contributed by atoms with Crippen LogP contribution in [0.2, 0.25) is 0 Å². The van der Waals surface area contributed by atoms with Gasteiger partial charge in [-0.15, -0.1) is 0 Å². The van der Waals surface area contributed by atoms with Crippen LogP contribution in [0.4, 0.5) is 0 Å². The van der Waals surface area contributed by atoms with Gasteiger partial charge in [0, 0.05) is 23.9 Å². The minimum atomic E-state index is -0.417. The number of esters is 1. The topological polar surface area (TPSA) is 38.3 Å². The molecule has 0 aromatic heterocycles. The monoisotopic (exact) mass is 269 g/mol. The third-order valence-electron chi connectivity index (χ3n) is 4.40. The summed E-state index contributed by atoms with van der Waals surface area (Å²) in [7, 11) is 0. The van der Waals surface area contributed by atoms with Crippen molar-refractivity contribution >= 4 is 5.97 Å². The predicted molar refractivity (Wildman–Crippen MR) is 79.0 cm³/mol. The molecule has 3 nitrogen and oxygen atoms in total. The molecule has 1 aliphatic rings. The number of carbonyl (C=O) groups excluding carboxylic acids is 1. The highest BCUT2D eigenvalue weighted by Gasteiger charge is 2.41. The summed E-state index contributed by atoms with van der Waals surface area (Å²) in [5, 5.41) is 3.61. The molecule has 0 unspecified atom stereocenters. The summed E-state index contributed by atoms with van der Waals surface area (Å²) in [5.41, 5.74) is -0.400. The van der Waals surface area contributed by atoms with Gasteiger partial charge in [0.2, 0.25) is 0 Å². The number of ether oxygens (including phenoxy) is 1. The molecule has 0 amide bonds. The Morgan fingerprint density at radius 1 is 1.16 bits per heavy atom. The minimum absolute atomic E-state index is 0.00860. The molecular formula is C16H31NO2. The number of nitrogens with one attached hydrogen (secondary N) is 1. The van der Waals surface area contributed by atoms with E-state index >= 15 is 0 Å². The fraction of sp³-hybridized carbons (Fsp3) is 0.938. The van der Waals surface area contributed by atoms with E-state index < -0.39 is 5.41 Å². The smallest absolute Gasteiger partial charge is 0.312 e. The Kier molecular flexibility index (Phi) is 4.41. The van der Waals surface area contributed by atoms with Gasteiger partial charge in [-0.3, -0.25) is 4.79 Å². The largest absolute Gasteiger partial charge is 0.462 e. The fourth-order valence-corrected chi connectivity index (χ4v) is 2.85. The van der Waals surface area contributed by atoms with Crippen molar-refractivity contribution in [2.75, 3.05) is 0 Å². The third-order valence-corrected chi connectivity index (χ3v) is 4.40. The van der Waals surface area contributed by atoms with Gasteiger partial charge in [-0.05, 0) is 47.5 Å². The molecule has 0 saturated carbocycles. The van der Waals surface area contributed by atoms with Crippen LogP contribution in [0.1, 0.15) is 68.2 Å². The van der Waals surface area contributed by atoms with Crippen molar-refractivity contribution in [3.63, 3.8) is 0 Å². The molecule has 1 rings (SSSR count). The van der Waals surface area contributed by atoms with Gasteiger partial charge in [0.1, 0.15) is 6.10 Å². The number of hydrogen-bond donors (Lipinski definition) is 1. The molecule has 19 heavy (non-hydrogen) atoms. The highest BCUT2D eigenvalue weighted by atomic mass is 16.5. The van der Waals surface area contributed by atoms with Crippen molar-refractivity contribution in [1.82, 2.24) is 5.32 Å². The average molecular weight is 269 g/mol. The number of piperidine rings is 1. The van der Waals surface area contributed by atoms with Gasteiger partial charge in [0.05, 0.1) is 5.41 Å². The van der Waals surface area contributed by atoms with Crippen LogP contribution in [-0.2, 0) is 9.53 Å². The Labute approximate surface area is 118 Å². The second-order valence-corrected chi connectivity index (χ2v) is 8.20. The molecule has 1 N–H and O–H groups in total. The molecule has 1 aliphatic heterocycles. The Morgan fingerprint density at radius 2 is 1.58 bits per heavy atom. The first-order valence-electron chi connectivity index (χ1n) is 7.36. The molecular weight excluding hydrogens is 238 g/mol. The van der Waals surface area contributed by atoms with Gasteiger partial charge in [0.15, 0.2) is 0 Å². The van der Waals surface area contributed by atoms with E-state index in [-0.39, 0.29) is 29.1 Å². The van der Waals surface area contributed by atoms with Crippen LogP contribution in [0.15, 0.2) is 0 Å². The van der Waals surface area contributed by atoms with Crippen molar-refractivity contribution < 1.29 is 9.53 Å². The van der Waals surface area contributed by atoms with Crippen LogP contribution >= 0.6 is 0 Å². The van der Waals surface area contributed by atoms with E-state index in [2.05, 4.69) is 46.9 Å². The summed E-state index contributed by atoms with van der Waals surface area (Å²) in [6, 6.07) is 0. The zero-order valence-electron chi connectivity index (χ0n) is 13.9. The fourth-order valence-electron chi connectivity index (χ4n) is 2.85. The molecule has 3 heteroatoms. The van der Waals surface area contributed by atoms with Crippen LogP contribution in [0.25, 0.3) is 0 Å². The molecule has 0 radical (unpaired) electrons. The van der Waals surface area contributed by atoms with Gasteiger partial charge < -0.3 is 10.1 Å². The molecule has 112 valence electrons. The second kappa shape index (κ2) is 5.08. The Morgan fingerprint density at radius 3 is 1.95 bits per heavy atom. The van der Waals surface area contributed by atoms with Gasteiger partial charge >= 0.3 is 5.97 Å². The normalized spacial score (nSPS) is 23.4. The van der Waals surface area contributed by atoms with E-state index in [9.17, 15) is 4.79 Å². The van der Waals surface area contributed by atoms with Gasteiger partial charge in [-0.2, -0.15) is 0 Å². The maximum atomic E-state index is 12.4. The van der Waals surface area contributed by atoms with Crippen LogP contribution in [0.5, 0.6) is 0 Å².